The highest BCUT2D eigenvalue weighted by Gasteiger charge is 2.30. The van der Waals surface area contributed by atoms with Gasteiger partial charge in [0.1, 0.15) is 19.3 Å². The smallest absolute Gasteiger partial charge is 0.462 e. The van der Waals surface area contributed by atoms with Crippen LogP contribution in [0.25, 0.3) is 0 Å². The molecule has 0 aliphatic rings. The molecular weight excluding hydrogens is 1130 g/mol. The largest absolute Gasteiger partial charge is 0.472 e. The number of phosphoric acid groups is 2. The first-order valence-corrected chi connectivity index (χ1v) is 37.2. The second-order valence-electron chi connectivity index (χ2n) is 25.5. The van der Waals surface area contributed by atoms with E-state index in [9.17, 15) is 43.2 Å². The van der Waals surface area contributed by atoms with Crippen LogP contribution in [0.4, 0.5) is 0 Å². The molecule has 0 fully saturated rings. The van der Waals surface area contributed by atoms with E-state index < -0.39 is 97.5 Å². The molecule has 0 rings (SSSR count). The van der Waals surface area contributed by atoms with Crippen molar-refractivity contribution in [3.05, 3.63) is 0 Å². The van der Waals surface area contributed by atoms with Crippen LogP contribution < -0.4 is 0 Å². The first-order valence-electron chi connectivity index (χ1n) is 34.2. The first-order chi connectivity index (χ1) is 40.6. The standard InChI is InChI=1S/C66H128O17P2/c1-9-59(8)45-37-29-23-25-31-39-47-64(69)77-53-62(83-66(71)49-41-33-24-22-28-36-44-58(6)7)55-81-85(74,75)79-51-60(67)50-78-84(72,73)80-54-61(52-76-63(68)46-38-30-20-17-16-19-27-35-43-57(4)5)82-65(70)48-40-32-21-15-13-11-10-12-14-18-26-34-42-56(2)3/h56-62,67H,9-55H2,1-8H3,(H,72,73)(H,74,75)/t59?,60-,61-,62-/m1/s1. The molecule has 85 heavy (non-hydrogen) atoms. The molecule has 6 atom stereocenters. The molecule has 0 saturated heterocycles. The summed E-state index contributed by atoms with van der Waals surface area (Å²) in [5.41, 5.74) is 0. The highest BCUT2D eigenvalue weighted by Crippen LogP contribution is 2.45. The van der Waals surface area contributed by atoms with Crippen LogP contribution in [0.15, 0.2) is 0 Å². The number of hydrogen-bond acceptors (Lipinski definition) is 15. The van der Waals surface area contributed by atoms with E-state index in [-0.39, 0.29) is 25.7 Å². The second kappa shape index (κ2) is 56.1. The number of carbonyl (C=O) groups excluding carboxylic acids is 4. The topological polar surface area (TPSA) is 237 Å². The van der Waals surface area contributed by atoms with Crippen molar-refractivity contribution in [1.29, 1.82) is 0 Å². The summed E-state index contributed by atoms with van der Waals surface area (Å²) in [4.78, 5) is 72.3. The van der Waals surface area contributed by atoms with E-state index in [2.05, 4.69) is 55.4 Å². The summed E-state index contributed by atoms with van der Waals surface area (Å²) in [6.07, 6.45) is 36.4. The zero-order valence-corrected chi connectivity index (χ0v) is 57.0. The number of ether oxygens (including phenoxy) is 4. The third-order valence-corrected chi connectivity index (χ3v) is 17.3. The van der Waals surface area contributed by atoms with Crippen LogP contribution in [0.2, 0.25) is 0 Å². The maximum absolute atomic E-state index is 13.0. The number of esters is 4. The Kier molecular flexibility index (Phi) is 54.8. The average molecular weight is 1260 g/mol. The Labute approximate surface area is 517 Å². The molecule has 0 bridgehead atoms. The van der Waals surface area contributed by atoms with Gasteiger partial charge in [0.25, 0.3) is 0 Å². The summed E-state index contributed by atoms with van der Waals surface area (Å²) in [6, 6.07) is 0. The van der Waals surface area contributed by atoms with Gasteiger partial charge in [-0.25, -0.2) is 9.13 Å². The van der Waals surface area contributed by atoms with Crippen LogP contribution in [0, 0.1) is 23.7 Å². The monoisotopic (exact) mass is 1250 g/mol. The number of aliphatic hydroxyl groups is 1. The van der Waals surface area contributed by atoms with Crippen LogP contribution in [-0.4, -0.2) is 96.7 Å². The van der Waals surface area contributed by atoms with Crippen molar-refractivity contribution < 1.29 is 80.2 Å². The van der Waals surface area contributed by atoms with Crippen LogP contribution >= 0.6 is 15.6 Å². The van der Waals surface area contributed by atoms with Crippen LogP contribution in [0.3, 0.4) is 0 Å². The van der Waals surface area contributed by atoms with Crippen molar-refractivity contribution in [3.63, 3.8) is 0 Å². The minimum atomic E-state index is -4.95. The van der Waals surface area contributed by atoms with Gasteiger partial charge in [-0.2, -0.15) is 0 Å². The SMILES string of the molecule is CCC(C)CCCCCCCCC(=O)OC[C@H](COP(=O)(O)OC[C@H](O)COP(=O)(O)OC[C@@H](COC(=O)CCCCCCCCCCC(C)C)OC(=O)CCCCCCCCCCCCCCC(C)C)OC(=O)CCCCCCCCC(C)C. The van der Waals surface area contributed by atoms with E-state index in [1.165, 1.54) is 116 Å². The third-order valence-electron chi connectivity index (χ3n) is 15.4. The lowest BCUT2D eigenvalue weighted by Gasteiger charge is -2.21. The van der Waals surface area contributed by atoms with E-state index in [0.717, 1.165) is 114 Å². The minimum absolute atomic E-state index is 0.101. The molecule has 19 heteroatoms. The maximum Gasteiger partial charge on any atom is 0.472 e. The molecule has 0 amide bonds. The van der Waals surface area contributed by atoms with Gasteiger partial charge >= 0.3 is 39.5 Å². The Morgan fingerprint density at radius 2 is 0.565 bits per heavy atom. The molecule has 0 spiro atoms. The molecule has 0 aliphatic heterocycles. The molecule has 0 aromatic carbocycles. The van der Waals surface area contributed by atoms with Gasteiger partial charge in [0.2, 0.25) is 0 Å². The lowest BCUT2D eigenvalue weighted by atomic mass is 10.00. The molecule has 0 saturated carbocycles. The molecule has 3 N–H and O–H groups in total. The average Bonchev–Trinajstić information content (AvgIpc) is 3.45. The fourth-order valence-corrected chi connectivity index (χ4v) is 11.3. The number of unbranched alkanes of at least 4 members (excludes halogenated alkanes) is 28. The summed E-state index contributed by atoms with van der Waals surface area (Å²) in [7, 11) is -9.89. The Hall–Kier alpha value is -1.94. The summed E-state index contributed by atoms with van der Waals surface area (Å²) < 4.78 is 68.0. The number of carbonyl (C=O) groups is 4. The van der Waals surface area contributed by atoms with Gasteiger partial charge in [0.15, 0.2) is 12.2 Å². The third kappa shape index (κ3) is 59.5. The summed E-state index contributed by atoms with van der Waals surface area (Å²) >= 11 is 0. The number of aliphatic hydroxyl groups excluding tert-OH is 1. The molecule has 0 aliphatic carbocycles. The fraction of sp³-hybridized carbons (Fsp3) is 0.939. The zero-order chi connectivity index (χ0) is 63.2. The molecule has 17 nitrogen and oxygen atoms in total. The molecule has 0 aromatic rings. The fourth-order valence-electron chi connectivity index (χ4n) is 9.75. The van der Waals surface area contributed by atoms with Crippen molar-refractivity contribution >= 4 is 39.5 Å². The normalized spacial score (nSPS) is 14.7. The van der Waals surface area contributed by atoms with Crippen molar-refractivity contribution in [2.45, 2.75) is 337 Å². The number of phosphoric ester groups is 2. The molecular formula is C66H128O17P2. The van der Waals surface area contributed by atoms with E-state index in [1.807, 2.05) is 0 Å². The summed E-state index contributed by atoms with van der Waals surface area (Å²) in [5.74, 6) is 0.763. The van der Waals surface area contributed by atoms with Gasteiger partial charge in [-0.05, 0) is 49.4 Å². The summed E-state index contributed by atoms with van der Waals surface area (Å²) in [5, 5.41) is 10.5. The van der Waals surface area contributed by atoms with Crippen LogP contribution in [-0.2, 0) is 65.4 Å². The van der Waals surface area contributed by atoms with E-state index in [1.54, 1.807) is 0 Å². The zero-order valence-electron chi connectivity index (χ0n) is 55.2. The predicted octanol–water partition coefficient (Wildman–Crippen LogP) is 18.1. The van der Waals surface area contributed by atoms with Gasteiger partial charge in [0, 0.05) is 25.7 Å². The highest BCUT2D eigenvalue weighted by molar-refractivity contribution is 7.47. The second-order valence-corrected chi connectivity index (χ2v) is 28.4. The Bertz CT molecular complexity index is 1700. The van der Waals surface area contributed by atoms with Crippen LogP contribution in [0.5, 0.6) is 0 Å². The predicted molar refractivity (Wildman–Crippen MR) is 340 cm³/mol. The lowest BCUT2D eigenvalue weighted by molar-refractivity contribution is -0.161. The van der Waals surface area contributed by atoms with Crippen molar-refractivity contribution in [2.75, 3.05) is 39.6 Å². The highest BCUT2D eigenvalue weighted by atomic mass is 31.2. The van der Waals surface area contributed by atoms with Gasteiger partial charge in [-0.15, -0.1) is 0 Å². The molecule has 3 unspecified atom stereocenters. The minimum Gasteiger partial charge on any atom is -0.462 e. The molecule has 0 radical (unpaired) electrons. The van der Waals surface area contributed by atoms with Gasteiger partial charge in [-0.3, -0.25) is 37.3 Å². The number of hydrogen-bond donors (Lipinski definition) is 3. The quantitative estimate of drug-likeness (QED) is 0.0222. The van der Waals surface area contributed by atoms with Gasteiger partial charge in [-0.1, -0.05) is 267 Å². The van der Waals surface area contributed by atoms with E-state index in [0.29, 0.717) is 31.6 Å². The van der Waals surface area contributed by atoms with E-state index >= 15 is 0 Å². The van der Waals surface area contributed by atoms with Gasteiger partial charge in [0.05, 0.1) is 26.4 Å². The first kappa shape index (κ1) is 83.1. The van der Waals surface area contributed by atoms with E-state index in [4.69, 9.17) is 37.0 Å². The lowest BCUT2D eigenvalue weighted by Crippen LogP contribution is -2.30. The summed E-state index contributed by atoms with van der Waals surface area (Å²) in [6.45, 7) is 14.0. The Balaban J connectivity index is 5.24. The van der Waals surface area contributed by atoms with Crippen molar-refractivity contribution in [1.82, 2.24) is 0 Å². The Morgan fingerprint density at radius 3 is 0.835 bits per heavy atom. The van der Waals surface area contributed by atoms with Crippen molar-refractivity contribution in [2.24, 2.45) is 23.7 Å². The van der Waals surface area contributed by atoms with Gasteiger partial charge < -0.3 is 33.8 Å². The van der Waals surface area contributed by atoms with Crippen LogP contribution in [0.1, 0.15) is 319 Å². The van der Waals surface area contributed by atoms with Crippen molar-refractivity contribution in [3.8, 4) is 0 Å². The Morgan fingerprint density at radius 1 is 0.329 bits per heavy atom. The molecule has 0 heterocycles. The molecule has 0 aromatic heterocycles. The maximum atomic E-state index is 13.0. The number of rotatable bonds is 63. The molecule has 504 valence electrons.